The fourth-order valence-electron chi connectivity index (χ4n) is 1.73. The fraction of sp³-hybridized carbons (Fsp3) is 0.818. The van der Waals surface area contributed by atoms with Gasteiger partial charge in [0.15, 0.2) is 0 Å². The molecule has 0 atom stereocenters. The van der Waals surface area contributed by atoms with Gasteiger partial charge in [0.05, 0.1) is 6.42 Å². The van der Waals surface area contributed by atoms with E-state index in [4.69, 9.17) is 5.11 Å². The van der Waals surface area contributed by atoms with Crippen molar-refractivity contribution in [3.8, 4) is 0 Å². The van der Waals surface area contributed by atoms with Gasteiger partial charge in [0.1, 0.15) is 0 Å². The predicted molar refractivity (Wildman–Crippen MR) is 63.8 cm³/mol. The Labute approximate surface area is 102 Å². The minimum Gasteiger partial charge on any atom is -0.481 e. The molecular formula is C11H21N3O3. The third kappa shape index (κ3) is 6.23. The largest absolute Gasteiger partial charge is 0.481 e. The van der Waals surface area contributed by atoms with Crippen molar-refractivity contribution in [3.63, 3.8) is 0 Å². The van der Waals surface area contributed by atoms with Crippen LogP contribution in [0.1, 0.15) is 12.8 Å². The summed E-state index contributed by atoms with van der Waals surface area (Å²) in [5.41, 5.74) is 0. The van der Waals surface area contributed by atoms with Crippen molar-refractivity contribution in [2.45, 2.75) is 12.8 Å². The molecule has 0 spiro atoms. The lowest BCUT2D eigenvalue weighted by atomic mass is 10.3. The molecule has 0 aromatic heterocycles. The molecule has 1 fully saturated rings. The number of hydrogen-bond donors (Lipinski definition) is 2. The number of hydrogen-bond acceptors (Lipinski definition) is 4. The van der Waals surface area contributed by atoms with E-state index in [2.05, 4.69) is 22.2 Å². The third-order valence-corrected chi connectivity index (χ3v) is 2.91. The zero-order valence-corrected chi connectivity index (χ0v) is 10.3. The Bertz CT molecular complexity index is 263. The van der Waals surface area contributed by atoms with E-state index in [1.54, 1.807) is 0 Å². The molecule has 1 amide bonds. The van der Waals surface area contributed by atoms with Gasteiger partial charge in [-0.25, -0.2) is 0 Å². The normalized spacial score (nSPS) is 17.9. The Kier molecular flexibility index (Phi) is 5.93. The van der Waals surface area contributed by atoms with Crippen LogP contribution >= 0.6 is 0 Å². The number of nitrogens with one attached hydrogen (secondary N) is 1. The number of nitrogens with zero attached hydrogens (tertiary/aromatic N) is 2. The van der Waals surface area contributed by atoms with E-state index in [0.29, 0.717) is 6.42 Å². The number of likely N-dealkylation sites (N-methyl/N-ethyl adjacent to an activating group) is 1. The van der Waals surface area contributed by atoms with Gasteiger partial charge in [-0.15, -0.1) is 0 Å². The summed E-state index contributed by atoms with van der Waals surface area (Å²) >= 11 is 0. The van der Waals surface area contributed by atoms with Gasteiger partial charge in [0, 0.05) is 45.7 Å². The zero-order valence-electron chi connectivity index (χ0n) is 10.3. The smallest absolute Gasteiger partial charge is 0.305 e. The highest BCUT2D eigenvalue weighted by Gasteiger charge is 2.14. The minimum atomic E-state index is -0.885. The lowest BCUT2D eigenvalue weighted by Crippen LogP contribution is -2.45. The molecule has 1 saturated heterocycles. The topological polar surface area (TPSA) is 72.9 Å². The standard InChI is InChI=1S/C11H21N3O3/c1-13-6-8-14(9-7-13)5-3-10(15)12-4-2-11(16)17/h2-9H2,1H3,(H,12,15)(H,16,17). The number of aliphatic carboxylic acids is 1. The molecule has 98 valence electrons. The molecule has 1 aliphatic rings. The number of rotatable bonds is 6. The maximum atomic E-state index is 11.4. The first-order chi connectivity index (χ1) is 8.08. The quantitative estimate of drug-likeness (QED) is 0.640. The number of carbonyl (C=O) groups is 2. The van der Waals surface area contributed by atoms with E-state index in [1.165, 1.54) is 0 Å². The lowest BCUT2D eigenvalue weighted by Gasteiger charge is -2.32. The van der Waals surface area contributed by atoms with Gasteiger partial charge in [-0.1, -0.05) is 0 Å². The third-order valence-electron chi connectivity index (χ3n) is 2.91. The van der Waals surface area contributed by atoms with Crippen LogP contribution in [0.15, 0.2) is 0 Å². The zero-order chi connectivity index (χ0) is 12.7. The SMILES string of the molecule is CN1CCN(CCC(=O)NCCC(=O)O)CC1. The van der Waals surface area contributed by atoms with Crippen molar-refractivity contribution in [2.75, 3.05) is 46.3 Å². The molecule has 0 unspecified atom stereocenters. The monoisotopic (exact) mass is 243 g/mol. The van der Waals surface area contributed by atoms with E-state index < -0.39 is 5.97 Å². The summed E-state index contributed by atoms with van der Waals surface area (Å²) in [5.74, 6) is -0.949. The molecule has 0 bridgehead atoms. The highest BCUT2D eigenvalue weighted by molar-refractivity contribution is 5.76. The Morgan fingerprint density at radius 1 is 1.18 bits per heavy atom. The molecule has 0 radical (unpaired) electrons. The maximum absolute atomic E-state index is 11.4. The lowest BCUT2D eigenvalue weighted by molar-refractivity contribution is -0.136. The van der Waals surface area contributed by atoms with E-state index >= 15 is 0 Å². The number of carbonyl (C=O) groups excluding carboxylic acids is 1. The second-order valence-corrected chi connectivity index (χ2v) is 4.39. The average molecular weight is 243 g/mol. The van der Waals surface area contributed by atoms with Crippen LogP contribution in [0, 0.1) is 0 Å². The Morgan fingerprint density at radius 2 is 1.82 bits per heavy atom. The highest BCUT2D eigenvalue weighted by Crippen LogP contribution is 1.99. The first kappa shape index (κ1) is 13.9. The Hall–Kier alpha value is -1.14. The minimum absolute atomic E-state index is 0.0136. The first-order valence-electron chi connectivity index (χ1n) is 5.97. The van der Waals surface area contributed by atoms with Gasteiger partial charge < -0.3 is 20.2 Å². The van der Waals surface area contributed by atoms with Gasteiger partial charge >= 0.3 is 5.97 Å². The van der Waals surface area contributed by atoms with E-state index in [-0.39, 0.29) is 18.9 Å². The van der Waals surface area contributed by atoms with Crippen molar-refractivity contribution in [1.29, 1.82) is 0 Å². The molecule has 1 rings (SSSR count). The number of piperazine rings is 1. The summed E-state index contributed by atoms with van der Waals surface area (Å²) in [6.45, 7) is 5.06. The molecule has 6 nitrogen and oxygen atoms in total. The van der Waals surface area contributed by atoms with Crippen LogP contribution in [-0.4, -0.2) is 73.1 Å². The molecule has 1 aliphatic heterocycles. The fourth-order valence-corrected chi connectivity index (χ4v) is 1.73. The number of carboxylic acids is 1. The van der Waals surface area contributed by atoms with Crippen LogP contribution < -0.4 is 5.32 Å². The van der Waals surface area contributed by atoms with Crippen LogP contribution in [0.3, 0.4) is 0 Å². The summed E-state index contributed by atoms with van der Waals surface area (Å²) in [7, 11) is 2.09. The molecule has 0 aliphatic carbocycles. The maximum Gasteiger partial charge on any atom is 0.305 e. The summed E-state index contributed by atoms with van der Waals surface area (Å²) in [4.78, 5) is 26.2. The average Bonchev–Trinajstić information content (AvgIpc) is 2.28. The molecule has 0 aromatic rings. The highest BCUT2D eigenvalue weighted by atomic mass is 16.4. The van der Waals surface area contributed by atoms with Crippen LogP contribution in [0.25, 0.3) is 0 Å². The summed E-state index contributed by atoms with van der Waals surface area (Å²) < 4.78 is 0. The van der Waals surface area contributed by atoms with Gasteiger partial charge in [-0.2, -0.15) is 0 Å². The van der Waals surface area contributed by atoms with Crippen LogP contribution in [0.5, 0.6) is 0 Å². The van der Waals surface area contributed by atoms with Crippen molar-refractivity contribution >= 4 is 11.9 Å². The molecule has 2 N–H and O–H groups in total. The Morgan fingerprint density at radius 3 is 2.41 bits per heavy atom. The van der Waals surface area contributed by atoms with Gasteiger partial charge in [-0.3, -0.25) is 9.59 Å². The van der Waals surface area contributed by atoms with Gasteiger partial charge in [0.2, 0.25) is 5.91 Å². The summed E-state index contributed by atoms with van der Waals surface area (Å²) in [6.07, 6.45) is 0.434. The summed E-state index contributed by atoms with van der Waals surface area (Å²) in [5, 5.41) is 11.0. The second kappa shape index (κ2) is 7.24. The van der Waals surface area contributed by atoms with E-state index in [0.717, 1.165) is 32.7 Å². The second-order valence-electron chi connectivity index (χ2n) is 4.39. The van der Waals surface area contributed by atoms with Crippen LogP contribution in [-0.2, 0) is 9.59 Å². The predicted octanol–water partition coefficient (Wildman–Crippen LogP) is -0.785. The van der Waals surface area contributed by atoms with Crippen molar-refractivity contribution in [3.05, 3.63) is 0 Å². The van der Waals surface area contributed by atoms with Crippen molar-refractivity contribution in [1.82, 2.24) is 15.1 Å². The van der Waals surface area contributed by atoms with Crippen LogP contribution in [0.2, 0.25) is 0 Å². The number of carboxylic acid groups (broad SMARTS) is 1. The molecule has 1 heterocycles. The van der Waals surface area contributed by atoms with Gasteiger partial charge in [-0.05, 0) is 7.05 Å². The van der Waals surface area contributed by atoms with E-state index in [1.807, 2.05) is 0 Å². The van der Waals surface area contributed by atoms with Crippen molar-refractivity contribution in [2.24, 2.45) is 0 Å². The van der Waals surface area contributed by atoms with Gasteiger partial charge in [0.25, 0.3) is 0 Å². The molecular weight excluding hydrogens is 222 g/mol. The molecule has 0 aromatic carbocycles. The van der Waals surface area contributed by atoms with Crippen molar-refractivity contribution < 1.29 is 14.7 Å². The Balaban J connectivity index is 2.05. The molecule has 0 saturated carbocycles. The molecule has 17 heavy (non-hydrogen) atoms. The molecule has 6 heteroatoms. The van der Waals surface area contributed by atoms with Crippen LogP contribution in [0.4, 0.5) is 0 Å². The first-order valence-corrected chi connectivity index (χ1v) is 5.97. The summed E-state index contributed by atoms with van der Waals surface area (Å²) in [6, 6.07) is 0. The number of amides is 1. The van der Waals surface area contributed by atoms with E-state index in [9.17, 15) is 9.59 Å².